The van der Waals surface area contributed by atoms with Crippen molar-refractivity contribution in [1.29, 1.82) is 0 Å². The fraction of sp³-hybridized carbons (Fsp3) is 0.167. The summed E-state index contributed by atoms with van der Waals surface area (Å²) in [5.74, 6) is -0.449. The Balaban J connectivity index is 2.23. The monoisotopic (exact) mass is 345 g/mol. The van der Waals surface area contributed by atoms with Gasteiger partial charge in [0, 0.05) is 12.1 Å². The van der Waals surface area contributed by atoms with E-state index in [4.69, 9.17) is 11.6 Å². The molecule has 1 aromatic heterocycles. The highest BCUT2D eigenvalue weighted by Gasteiger charge is 2.15. The van der Waals surface area contributed by atoms with Crippen LogP contribution in [0.1, 0.15) is 17.3 Å². The summed E-state index contributed by atoms with van der Waals surface area (Å²) in [6.07, 6.45) is 1.42. The second kappa shape index (κ2) is 6.52. The van der Waals surface area contributed by atoms with Gasteiger partial charge in [0.15, 0.2) is 5.13 Å². The number of anilines is 1. The number of rotatable bonds is 5. The lowest BCUT2D eigenvalue weighted by atomic mass is 10.2. The minimum Gasteiger partial charge on any atom is -0.298 e. The fourth-order valence-corrected chi connectivity index (χ4v) is 3.45. The Morgan fingerprint density at radius 1 is 1.43 bits per heavy atom. The first kappa shape index (κ1) is 15.9. The molecule has 0 radical (unpaired) electrons. The minimum absolute atomic E-state index is 0.0363. The van der Waals surface area contributed by atoms with E-state index in [9.17, 15) is 13.2 Å². The molecule has 2 rings (SSSR count). The van der Waals surface area contributed by atoms with Crippen LogP contribution in [0.4, 0.5) is 5.13 Å². The van der Waals surface area contributed by atoms with Crippen molar-refractivity contribution >= 4 is 44.0 Å². The maximum atomic E-state index is 12.1. The molecule has 2 N–H and O–H groups in total. The lowest BCUT2D eigenvalue weighted by Crippen LogP contribution is -2.23. The van der Waals surface area contributed by atoms with Crippen molar-refractivity contribution in [2.24, 2.45) is 0 Å². The second-order valence-corrected chi connectivity index (χ2v) is 7.38. The van der Waals surface area contributed by atoms with Gasteiger partial charge >= 0.3 is 0 Å². The Labute approximate surface area is 131 Å². The van der Waals surface area contributed by atoms with Gasteiger partial charge in [0.25, 0.3) is 5.91 Å². The van der Waals surface area contributed by atoms with Crippen molar-refractivity contribution in [3.05, 3.63) is 40.4 Å². The van der Waals surface area contributed by atoms with Crippen molar-refractivity contribution in [1.82, 2.24) is 9.71 Å². The number of sulfonamides is 1. The van der Waals surface area contributed by atoms with E-state index in [2.05, 4.69) is 15.0 Å². The molecule has 0 saturated carbocycles. The van der Waals surface area contributed by atoms with Gasteiger partial charge in [0.05, 0.1) is 11.1 Å². The van der Waals surface area contributed by atoms with E-state index in [1.54, 1.807) is 6.92 Å². The summed E-state index contributed by atoms with van der Waals surface area (Å²) >= 11 is 6.85. The van der Waals surface area contributed by atoms with Crippen molar-refractivity contribution in [2.45, 2.75) is 11.8 Å². The lowest BCUT2D eigenvalue weighted by Gasteiger charge is -2.06. The molecule has 9 heteroatoms. The molecule has 21 heavy (non-hydrogen) atoms. The lowest BCUT2D eigenvalue weighted by molar-refractivity contribution is 0.102. The van der Waals surface area contributed by atoms with Gasteiger partial charge in [-0.15, -0.1) is 0 Å². The molecular weight excluding hydrogens is 334 g/mol. The number of nitrogens with one attached hydrogen (secondary N) is 2. The summed E-state index contributed by atoms with van der Waals surface area (Å²) in [7, 11) is -3.60. The number of nitrogens with zero attached hydrogens (tertiary/aromatic N) is 1. The third-order valence-corrected chi connectivity index (χ3v) is 5.01. The number of amides is 1. The summed E-state index contributed by atoms with van der Waals surface area (Å²) in [6, 6.07) is 5.76. The Morgan fingerprint density at radius 3 is 2.81 bits per heavy atom. The zero-order chi connectivity index (χ0) is 15.5. The Morgan fingerprint density at radius 2 is 2.19 bits per heavy atom. The number of aromatic nitrogens is 1. The molecule has 0 atom stereocenters. The van der Waals surface area contributed by atoms with Crippen LogP contribution in [-0.2, 0) is 10.0 Å². The number of halogens is 1. The summed E-state index contributed by atoms with van der Waals surface area (Å²) in [5.41, 5.74) is 0.223. The van der Waals surface area contributed by atoms with Crippen molar-refractivity contribution in [3.8, 4) is 0 Å². The molecule has 0 spiro atoms. The van der Waals surface area contributed by atoms with Crippen LogP contribution in [0.3, 0.4) is 0 Å². The van der Waals surface area contributed by atoms with Crippen molar-refractivity contribution in [2.75, 3.05) is 11.9 Å². The quantitative estimate of drug-likeness (QED) is 0.870. The topological polar surface area (TPSA) is 88.2 Å². The van der Waals surface area contributed by atoms with Crippen LogP contribution < -0.4 is 10.0 Å². The number of carbonyl (C=O) groups is 1. The zero-order valence-electron chi connectivity index (χ0n) is 11.0. The van der Waals surface area contributed by atoms with Gasteiger partial charge in [-0.25, -0.2) is 18.1 Å². The van der Waals surface area contributed by atoms with Gasteiger partial charge in [-0.3, -0.25) is 10.1 Å². The average Bonchev–Trinajstić information content (AvgIpc) is 2.84. The van der Waals surface area contributed by atoms with Crippen LogP contribution in [0.5, 0.6) is 0 Å². The maximum Gasteiger partial charge on any atom is 0.257 e. The number of thiazole rings is 1. The third-order valence-electron chi connectivity index (χ3n) is 2.44. The molecule has 0 aliphatic carbocycles. The molecule has 1 amide bonds. The zero-order valence-corrected chi connectivity index (χ0v) is 13.3. The Kier molecular flexibility index (Phi) is 4.94. The van der Waals surface area contributed by atoms with E-state index in [0.29, 0.717) is 9.47 Å². The third kappa shape index (κ3) is 4.01. The smallest absolute Gasteiger partial charge is 0.257 e. The van der Waals surface area contributed by atoms with Gasteiger partial charge in [-0.05, 0) is 18.2 Å². The molecule has 0 unspecified atom stereocenters. The standard InChI is InChI=1S/C12H12ClN3O3S2/c1-2-15-21(18,19)9-5-3-4-8(6-9)11(17)16-12-14-7-10(13)20-12/h3-7,15H,2H2,1H3,(H,14,16,17). The minimum atomic E-state index is -3.60. The largest absolute Gasteiger partial charge is 0.298 e. The first-order chi connectivity index (χ1) is 9.92. The number of carbonyl (C=O) groups excluding carboxylic acids is 1. The molecule has 0 fully saturated rings. The van der Waals surface area contributed by atoms with Crippen LogP contribution in [0.25, 0.3) is 0 Å². The maximum absolute atomic E-state index is 12.1. The molecular formula is C12H12ClN3O3S2. The summed E-state index contributed by atoms with van der Waals surface area (Å²) in [6.45, 7) is 1.96. The molecule has 112 valence electrons. The van der Waals surface area contributed by atoms with Crippen molar-refractivity contribution < 1.29 is 13.2 Å². The van der Waals surface area contributed by atoms with Crippen LogP contribution in [0.15, 0.2) is 35.4 Å². The highest BCUT2D eigenvalue weighted by Crippen LogP contribution is 2.23. The predicted octanol–water partition coefficient (Wildman–Crippen LogP) is 2.35. The average molecular weight is 346 g/mol. The van der Waals surface area contributed by atoms with Gasteiger partial charge in [0.1, 0.15) is 4.34 Å². The van der Waals surface area contributed by atoms with Crippen LogP contribution >= 0.6 is 22.9 Å². The van der Waals surface area contributed by atoms with Gasteiger partial charge in [0.2, 0.25) is 10.0 Å². The Hall–Kier alpha value is -1.48. The molecule has 2 aromatic rings. The molecule has 0 bridgehead atoms. The van der Waals surface area contributed by atoms with E-state index in [1.165, 1.54) is 30.5 Å². The normalized spacial score (nSPS) is 11.3. The van der Waals surface area contributed by atoms with Crippen LogP contribution in [-0.4, -0.2) is 25.9 Å². The van der Waals surface area contributed by atoms with Gasteiger partial charge in [-0.2, -0.15) is 0 Å². The number of benzene rings is 1. The van der Waals surface area contributed by atoms with Crippen molar-refractivity contribution in [3.63, 3.8) is 0 Å². The van der Waals surface area contributed by atoms with Gasteiger partial charge in [-0.1, -0.05) is 35.9 Å². The van der Waals surface area contributed by atoms with E-state index >= 15 is 0 Å². The Bertz CT molecular complexity index is 759. The molecule has 6 nitrogen and oxygen atoms in total. The highest BCUT2D eigenvalue weighted by molar-refractivity contribution is 7.89. The SMILES string of the molecule is CCNS(=O)(=O)c1cccc(C(=O)Nc2ncc(Cl)s2)c1. The van der Waals surface area contributed by atoms with E-state index in [1.807, 2.05) is 0 Å². The summed E-state index contributed by atoms with van der Waals surface area (Å²) < 4.78 is 26.6. The summed E-state index contributed by atoms with van der Waals surface area (Å²) in [5, 5.41) is 2.91. The van der Waals surface area contributed by atoms with E-state index < -0.39 is 15.9 Å². The van der Waals surface area contributed by atoms with Crippen LogP contribution in [0, 0.1) is 0 Å². The second-order valence-electron chi connectivity index (χ2n) is 3.95. The first-order valence-corrected chi connectivity index (χ1v) is 8.62. The van der Waals surface area contributed by atoms with E-state index in [-0.39, 0.29) is 17.0 Å². The highest BCUT2D eigenvalue weighted by atomic mass is 35.5. The number of hydrogen-bond donors (Lipinski definition) is 2. The molecule has 0 aliphatic rings. The summed E-state index contributed by atoms with van der Waals surface area (Å²) in [4.78, 5) is 16.0. The first-order valence-electron chi connectivity index (χ1n) is 5.95. The van der Waals surface area contributed by atoms with Crippen LogP contribution in [0.2, 0.25) is 4.34 Å². The molecule has 1 aromatic carbocycles. The molecule has 0 saturated heterocycles. The predicted molar refractivity (Wildman–Crippen MR) is 82.4 cm³/mol. The molecule has 0 aliphatic heterocycles. The molecule has 1 heterocycles. The number of hydrogen-bond acceptors (Lipinski definition) is 5. The van der Waals surface area contributed by atoms with Gasteiger partial charge < -0.3 is 0 Å². The fourth-order valence-electron chi connectivity index (χ4n) is 1.56. The van der Waals surface area contributed by atoms with E-state index in [0.717, 1.165) is 11.3 Å².